The Bertz CT molecular complexity index is 1020. The number of urea groups is 1. The van der Waals surface area contributed by atoms with E-state index in [0.29, 0.717) is 11.4 Å². The van der Waals surface area contributed by atoms with Crippen LogP contribution < -0.4 is 15.0 Å². The number of hydrogen-bond acceptors (Lipinski definition) is 7. The van der Waals surface area contributed by atoms with Crippen molar-refractivity contribution in [1.29, 1.82) is 0 Å². The molecule has 148 valence electrons. The van der Waals surface area contributed by atoms with Gasteiger partial charge in [0.15, 0.2) is 5.92 Å². The summed E-state index contributed by atoms with van der Waals surface area (Å²) in [6.07, 6.45) is 1.13. The Morgan fingerprint density at radius 1 is 1.10 bits per heavy atom. The number of benzene rings is 2. The quantitative estimate of drug-likeness (QED) is 0.471. The normalized spacial score (nSPS) is 16.7. The fourth-order valence-corrected chi connectivity index (χ4v) is 2.71. The Hall–Kier alpha value is -4.01. The molecule has 9 nitrogen and oxygen atoms in total. The molecule has 1 saturated heterocycles. The smallest absolute Gasteiger partial charge is 0.337 e. The van der Waals surface area contributed by atoms with Crippen molar-refractivity contribution in [3.05, 3.63) is 54.1 Å². The van der Waals surface area contributed by atoms with E-state index in [2.05, 4.69) is 15.0 Å². The topological polar surface area (TPSA) is 114 Å². The minimum absolute atomic E-state index is 0.255. The molecule has 0 bridgehead atoms. The zero-order valence-electron chi connectivity index (χ0n) is 15.6. The van der Waals surface area contributed by atoms with Gasteiger partial charge in [-0.25, -0.2) is 14.5 Å². The molecule has 2 aromatic rings. The lowest BCUT2D eigenvalue weighted by molar-refractivity contribution is -0.131. The summed E-state index contributed by atoms with van der Waals surface area (Å²) in [4.78, 5) is 53.8. The molecule has 1 N–H and O–H groups in total. The number of amides is 4. The van der Waals surface area contributed by atoms with Gasteiger partial charge in [-0.1, -0.05) is 12.1 Å². The predicted octanol–water partition coefficient (Wildman–Crippen LogP) is 2.08. The Morgan fingerprint density at radius 3 is 2.59 bits per heavy atom. The Balaban J connectivity index is 1.88. The minimum Gasteiger partial charge on any atom is -0.497 e. The molecule has 1 heterocycles. The average molecular weight is 395 g/mol. The molecule has 1 fully saturated rings. The van der Waals surface area contributed by atoms with E-state index in [1.54, 1.807) is 36.4 Å². The Kier molecular flexibility index (Phi) is 5.68. The van der Waals surface area contributed by atoms with Crippen LogP contribution in [0, 0.1) is 5.92 Å². The molecular formula is C20H17N3O6. The van der Waals surface area contributed by atoms with Gasteiger partial charge in [0.25, 0.3) is 5.91 Å². The first-order chi connectivity index (χ1) is 13.9. The second-order valence-electron chi connectivity index (χ2n) is 5.97. The van der Waals surface area contributed by atoms with Crippen molar-refractivity contribution in [2.75, 3.05) is 19.1 Å². The lowest BCUT2D eigenvalue weighted by Gasteiger charge is -2.28. The number of carbonyl (C=O) groups excluding carboxylic acids is 4. The van der Waals surface area contributed by atoms with Crippen molar-refractivity contribution < 1.29 is 28.7 Å². The molecule has 0 aromatic heterocycles. The minimum atomic E-state index is -1.32. The molecule has 2 aromatic carbocycles. The summed E-state index contributed by atoms with van der Waals surface area (Å²) in [7, 11) is 2.71. The van der Waals surface area contributed by atoms with Crippen LogP contribution in [0.25, 0.3) is 0 Å². The molecule has 1 aliphatic rings. The van der Waals surface area contributed by atoms with E-state index in [9.17, 15) is 19.2 Å². The van der Waals surface area contributed by atoms with E-state index in [4.69, 9.17) is 4.74 Å². The van der Waals surface area contributed by atoms with Crippen molar-refractivity contribution in [2.24, 2.45) is 10.9 Å². The third-order valence-electron chi connectivity index (χ3n) is 4.15. The van der Waals surface area contributed by atoms with Crippen molar-refractivity contribution in [2.45, 2.75) is 0 Å². The number of methoxy groups -OCH3 is 2. The van der Waals surface area contributed by atoms with Crippen LogP contribution in [0.4, 0.5) is 16.2 Å². The third kappa shape index (κ3) is 4.13. The van der Waals surface area contributed by atoms with E-state index >= 15 is 0 Å². The van der Waals surface area contributed by atoms with Gasteiger partial charge in [-0.3, -0.25) is 19.9 Å². The maximum absolute atomic E-state index is 12.8. The number of ether oxygens (including phenoxy) is 2. The van der Waals surface area contributed by atoms with Crippen LogP contribution in [0.15, 0.2) is 53.5 Å². The van der Waals surface area contributed by atoms with Crippen molar-refractivity contribution >= 4 is 41.4 Å². The highest BCUT2D eigenvalue weighted by atomic mass is 16.5. The van der Waals surface area contributed by atoms with Crippen LogP contribution in [0.2, 0.25) is 0 Å². The summed E-state index contributed by atoms with van der Waals surface area (Å²) in [5.41, 5.74) is 0.874. The number of imide groups is 2. The SMILES string of the molecule is COC(=O)c1cccc(N=C[C@H]2C(=O)NC(=O)N(c3cccc(OC)c3)C2=O)c1. The number of hydrogen-bond donors (Lipinski definition) is 1. The Labute approximate surface area is 165 Å². The molecule has 0 spiro atoms. The predicted molar refractivity (Wildman–Crippen MR) is 103 cm³/mol. The lowest BCUT2D eigenvalue weighted by atomic mass is 10.1. The lowest BCUT2D eigenvalue weighted by Crippen LogP contribution is -2.58. The van der Waals surface area contributed by atoms with E-state index in [-0.39, 0.29) is 11.3 Å². The number of esters is 1. The van der Waals surface area contributed by atoms with Crippen molar-refractivity contribution in [1.82, 2.24) is 5.32 Å². The number of nitrogens with one attached hydrogen (secondary N) is 1. The number of aliphatic imine (C=N–C) groups is 1. The van der Waals surface area contributed by atoms with E-state index in [1.165, 1.54) is 26.4 Å². The number of barbiturate groups is 1. The molecule has 0 aliphatic carbocycles. The first kappa shape index (κ1) is 19.7. The summed E-state index contributed by atoms with van der Waals surface area (Å²) in [5, 5.41) is 2.14. The molecule has 3 rings (SSSR count). The summed E-state index contributed by atoms with van der Waals surface area (Å²) in [6.45, 7) is 0. The third-order valence-corrected chi connectivity index (χ3v) is 4.15. The molecule has 1 atom stereocenters. The Morgan fingerprint density at radius 2 is 1.86 bits per heavy atom. The molecule has 29 heavy (non-hydrogen) atoms. The summed E-state index contributed by atoms with van der Waals surface area (Å²) in [6, 6.07) is 11.7. The molecule has 0 saturated carbocycles. The largest absolute Gasteiger partial charge is 0.497 e. The first-order valence-corrected chi connectivity index (χ1v) is 8.50. The number of anilines is 1. The van der Waals surface area contributed by atoms with Crippen LogP contribution in [-0.4, -0.2) is 44.2 Å². The summed E-state index contributed by atoms with van der Waals surface area (Å²) >= 11 is 0. The van der Waals surface area contributed by atoms with Gasteiger partial charge in [0.1, 0.15) is 5.75 Å². The highest BCUT2D eigenvalue weighted by Crippen LogP contribution is 2.25. The van der Waals surface area contributed by atoms with Gasteiger partial charge in [-0.05, 0) is 30.3 Å². The van der Waals surface area contributed by atoms with Gasteiger partial charge < -0.3 is 9.47 Å². The van der Waals surface area contributed by atoms with Gasteiger partial charge >= 0.3 is 12.0 Å². The van der Waals surface area contributed by atoms with Crippen LogP contribution in [0.1, 0.15) is 10.4 Å². The van der Waals surface area contributed by atoms with Crippen molar-refractivity contribution in [3.63, 3.8) is 0 Å². The van der Waals surface area contributed by atoms with Crippen LogP contribution in [-0.2, 0) is 14.3 Å². The zero-order valence-corrected chi connectivity index (χ0v) is 15.6. The fraction of sp³-hybridized carbons (Fsp3) is 0.150. The van der Waals surface area contributed by atoms with E-state index in [0.717, 1.165) is 11.1 Å². The fourth-order valence-electron chi connectivity index (χ4n) is 2.71. The van der Waals surface area contributed by atoms with Crippen LogP contribution in [0.5, 0.6) is 5.75 Å². The highest BCUT2D eigenvalue weighted by Gasteiger charge is 2.40. The van der Waals surface area contributed by atoms with Gasteiger partial charge in [-0.2, -0.15) is 0 Å². The number of nitrogens with zero attached hydrogens (tertiary/aromatic N) is 2. The molecule has 0 radical (unpaired) electrons. The van der Waals surface area contributed by atoms with E-state index < -0.39 is 29.7 Å². The molecule has 1 aliphatic heterocycles. The number of carbonyl (C=O) groups is 4. The van der Waals surface area contributed by atoms with Gasteiger partial charge in [-0.15, -0.1) is 0 Å². The molecule has 0 unspecified atom stereocenters. The summed E-state index contributed by atoms with van der Waals surface area (Å²) < 4.78 is 9.76. The maximum Gasteiger partial charge on any atom is 0.337 e. The molecular weight excluding hydrogens is 378 g/mol. The number of rotatable bonds is 5. The molecule has 9 heteroatoms. The molecule has 4 amide bonds. The van der Waals surface area contributed by atoms with E-state index in [1.807, 2.05) is 0 Å². The summed E-state index contributed by atoms with van der Waals surface area (Å²) in [5.74, 6) is -2.94. The average Bonchev–Trinajstić information content (AvgIpc) is 2.73. The highest BCUT2D eigenvalue weighted by molar-refractivity contribution is 6.32. The van der Waals surface area contributed by atoms with Crippen LogP contribution >= 0.6 is 0 Å². The monoisotopic (exact) mass is 395 g/mol. The van der Waals surface area contributed by atoms with Crippen LogP contribution in [0.3, 0.4) is 0 Å². The standard InChI is InChI=1S/C20H17N3O6/c1-28-15-8-4-7-14(10-15)23-18(25)16(17(24)22-20(23)27)11-21-13-6-3-5-12(9-13)19(26)29-2/h3-11,16H,1-2H3,(H,22,24,27)/t16-/m0/s1. The maximum atomic E-state index is 12.8. The van der Waals surface area contributed by atoms with Gasteiger partial charge in [0.05, 0.1) is 31.2 Å². The van der Waals surface area contributed by atoms with Gasteiger partial charge in [0, 0.05) is 12.3 Å². The second kappa shape index (κ2) is 8.34. The van der Waals surface area contributed by atoms with Gasteiger partial charge in [0.2, 0.25) is 5.91 Å². The zero-order chi connectivity index (χ0) is 21.0. The first-order valence-electron chi connectivity index (χ1n) is 8.50. The second-order valence-corrected chi connectivity index (χ2v) is 5.97. The van der Waals surface area contributed by atoms with Crippen molar-refractivity contribution in [3.8, 4) is 5.75 Å².